The zero-order valence-electron chi connectivity index (χ0n) is 14.0. The van der Waals surface area contributed by atoms with Crippen molar-refractivity contribution in [1.29, 1.82) is 0 Å². The molecule has 2 aromatic rings. The number of imide groups is 1. The molecular weight excluding hydrogens is 341 g/mol. The van der Waals surface area contributed by atoms with E-state index in [-0.39, 0.29) is 30.1 Å². The summed E-state index contributed by atoms with van der Waals surface area (Å²) in [7, 11) is 0. The Morgan fingerprint density at radius 2 is 1.58 bits per heavy atom. The molecule has 1 aliphatic rings. The van der Waals surface area contributed by atoms with Gasteiger partial charge in [-0.25, -0.2) is 9.18 Å². The van der Waals surface area contributed by atoms with E-state index in [1.165, 1.54) is 37.3 Å². The number of hydrogen-bond acceptors (Lipinski definition) is 5. The fourth-order valence-electron chi connectivity index (χ4n) is 2.64. The van der Waals surface area contributed by atoms with E-state index in [4.69, 9.17) is 9.47 Å². The van der Waals surface area contributed by atoms with Crippen molar-refractivity contribution in [3.8, 4) is 5.75 Å². The summed E-state index contributed by atoms with van der Waals surface area (Å²) in [6, 6.07) is 11.2. The first-order valence-corrected chi connectivity index (χ1v) is 8.01. The molecule has 3 rings (SSSR count). The van der Waals surface area contributed by atoms with Crippen molar-refractivity contribution < 1.29 is 28.2 Å². The molecule has 0 bridgehead atoms. The number of nitrogens with zero attached hydrogens (tertiary/aromatic N) is 1. The van der Waals surface area contributed by atoms with E-state index in [9.17, 15) is 18.8 Å². The third kappa shape index (κ3) is 3.28. The average Bonchev–Trinajstić information content (AvgIpc) is 2.90. The molecule has 0 spiro atoms. The van der Waals surface area contributed by atoms with Crippen molar-refractivity contribution in [3.63, 3.8) is 0 Å². The number of hydrogen-bond donors (Lipinski definition) is 0. The molecule has 0 aliphatic carbocycles. The molecule has 6 nitrogen and oxygen atoms in total. The molecule has 0 unspecified atom stereocenters. The van der Waals surface area contributed by atoms with Crippen LogP contribution in [-0.4, -0.2) is 41.9 Å². The second-order valence-electron chi connectivity index (χ2n) is 5.65. The van der Waals surface area contributed by atoms with Crippen molar-refractivity contribution in [2.24, 2.45) is 0 Å². The lowest BCUT2D eigenvalue weighted by atomic mass is 10.1. The summed E-state index contributed by atoms with van der Waals surface area (Å²) < 4.78 is 23.6. The first-order valence-electron chi connectivity index (χ1n) is 8.01. The molecule has 0 saturated heterocycles. The number of fused-ring (bicyclic) bond motifs is 1. The van der Waals surface area contributed by atoms with Crippen LogP contribution in [0.5, 0.6) is 5.75 Å². The van der Waals surface area contributed by atoms with Crippen LogP contribution in [0.1, 0.15) is 27.6 Å². The Morgan fingerprint density at radius 3 is 2.19 bits per heavy atom. The Morgan fingerprint density at radius 1 is 1.00 bits per heavy atom. The molecule has 0 N–H and O–H groups in total. The van der Waals surface area contributed by atoms with E-state index >= 15 is 0 Å². The van der Waals surface area contributed by atoms with Gasteiger partial charge in [-0.3, -0.25) is 14.5 Å². The van der Waals surface area contributed by atoms with Crippen LogP contribution in [0.15, 0.2) is 48.5 Å². The SMILES string of the molecule is C[C@@H](C(=O)OCCOc1ccccc1F)N1C(=O)c2ccccc2C1=O. The fourth-order valence-corrected chi connectivity index (χ4v) is 2.64. The van der Waals surface area contributed by atoms with E-state index in [2.05, 4.69) is 0 Å². The summed E-state index contributed by atoms with van der Waals surface area (Å²) in [6.07, 6.45) is 0. The second kappa shape index (κ2) is 7.35. The molecule has 2 amide bonds. The predicted molar refractivity (Wildman–Crippen MR) is 89.3 cm³/mol. The summed E-state index contributed by atoms with van der Waals surface area (Å²) in [6.45, 7) is 1.23. The summed E-state index contributed by atoms with van der Waals surface area (Å²) in [5.74, 6) is -2.26. The Labute approximate surface area is 149 Å². The van der Waals surface area contributed by atoms with Crippen molar-refractivity contribution in [3.05, 3.63) is 65.5 Å². The van der Waals surface area contributed by atoms with Crippen LogP contribution in [0, 0.1) is 5.82 Å². The highest BCUT2D eigenvalue weighted by Gasteiger charge is 2.41. The number of rotatable bonds is 6. The van der Waals surface area contributed by atoms with Gasteiger partial charge < -0.3 is 9.47 Å². The summed E-state index contributed by atoms with van der Waals surface area (Å²) >= 11 is 0. The van der Waals surface area contributed by atoms with Crippen LogP contribution in [-0.2, 0) is 9.53 Å². The molecule has 0 radical (unpaired) electrons. The Balaban J connectivity index is 1.55. The summed E-state index contributed by atoms with van der Waals surface area (Å²) in [4.78, 5) is 37.7. The Kier molecular flexibility index (Phi) is 4.97. The lowest BCUT2D eigenvalue weighted by Gasteiger charge is -2.20. The highest BCUT2D eigenvalue weighted by Crippen LogP contribution is 2.24. The molecule has 1 heterocycles. The molecule has 0 aromatic heterocycles. The zero-order valence-corrected chi connectivity index (χ0v) is 14.0. The highest BCUT2D eigenvalue weighted by molar-refractivity contribution is 6.22. The minimum atomic E-state index is -1.07. The van der Waals surface area contributed by atoms with Crippen molar-refractivity contribution >= 4 is 17.8 Å². The molecule has 134 valence electrons. The standard InChI is InChI=1S/C19H16FNO5/c1-12(21-17(22)13-6-2-3-7-14(13)18(21)23)19(24)26-11-10-25-16-9-5-4-8-15(16)20/h2-9,12H,10-11H2,1H3/t12-/m0/s1. The average molecular weight is 357 g/mol. The first kappa shape index (κ1) is 17.6. The van der Waals surface area contributed by atoms with Gasteiger partial charge in [0, 0.05) is 0 Å². The normalized spacial score (nSPS) is 14.2. The van der Waals surface area contributed by atoms with Gasteiger partial charge in [0.25, 0.3) is 11.8 Å². The van der Waals surface area contributed by atoms with Crippen molar-refractivity contribution in [2.75, 3.05) is 13.2 Å². The lowest BCUT2D eigenvalue weighted by molar-refractivity contribution is -0.148. The van der Waals surface area contributed by atoms with Crippen LogP contribution in [0.25, 0.3) is 0 Å². The third-order valence-electron chi connectivity index (χ3n) is 3.98. The second-order valence-corrected chi connectivity index (χ2v) is 5.65. The minimum Gasteiger partial charge on any atom is -0.487 e. The van der Waals surface area contributed by atoms with Gasteiger partial charge in [-0.2, -0.15) is 0 Å². The maximum atomic E-state index is 13.4. The molecule has 1 atom stereocenters. The van der Waals surface area contributed by atoms with E-state index in [0.29, 0.717) is 0 Å². The van der Waals surface area contributed by atoms with Gasteiger partial charge in [0.05, 0.1) is 11.1 Å². The van der Waals surface area contributed by atoms with Gasteiger partial charge in [-0.15, -0.1) is 0 Å². The lowest BCUT2D eigenvalue weighted by Crippen LogP contribution is -2.44. The number of para-hydroxylation sites is 1. The van der Waals surface area contributed by atoms with E-state index in [0.717, 1.165) is 4.90 Å². The molecular formula is C19H16FNO5. The number of halogens is 1. The molecule has 1 aliphatic heterocycles. The quantitative estimate of drug-likeness (QED) is 0.451. The van der Waals surface area contributed by atoms with Gasteiger partial charge >= 0.3 is 5.97 Å². The molecule has 2 aromatic carbocycles. The van der Waals surface area contributed by atoms with Crippen LogP contribution < -0.4 is 4.74 Å². The number of ether oxygens (including phenoxy) is 2. The van der Waals surface area contributed by atoms with E-state index in [1.807, 2.05) is 0 Å². The molecule has 26 heavy (non-hydrogen) atoms. The van der Waals surface area contributed by atoms with E-state index in [1.54, 1.807) is 18.2 Å². The molecule has 7 heteroatoms. The molecule has 0 saturated carbocycles. The number of carbonyl (C=O) groups excluding carboxylic acids is 3. The van der Waals surface area contributed by atoms with Gasteiger partial charge in [0.15, 0.2) is 11.6 Å². The van der Waals surface area contributed by atoms with Crippen molar-refractivity contribution in [2.45, 2.75) is 13.0 Å². The topological polar surface area (TPSA) is 72.9 Å². The van der Waals surface area contributed by atoms with E-state index < -0.39 is 29.6 Å². The van der Waals surface area contributed by atoms with Gasteiger partial charge in [0.2, 0.25) is 0 Å². The maximum Gasteiger partial charge on any atom is 0.329 e. The fraction of sp³-hybridized carbons (Fsp3) is 0.211. The van der Waals surface area contributed by atoms with Crippen LogP contribution in [0.3, 0.4) is 0 Å². The van der Waals surface area contributed by atoms with Crippen LogP contribution in [0.4, 0.5) is 4.39 Å². The number of carbonyl (C=O) groups is 3. The Hall–Kier alpha value is -3.22. The summed E-state index contributed by atoms with van der Waals surface area (Å²) in [5.41, 5.74) is 0.528. The van der Waals surface area contributed by atoms with Crippen molar-refractivity contribution in [1.82, 2.24) is 4.90 Å². The largest absolute Gasteiger partial charge is 0.487 e. The van der Waals surface area contributed by atoms with Crippen LogP contribution in [0.2, 0.25) is 0 Å². The number of esters is 1. The third-order valence-corrected chi connectivity index (χ3v) is 3.98. The molecule has 0 fully saturated rings. The Bertz CT molecular complexity index is 832. The predicted octanol–water partition coefficient (Wildman–Crippen LogP) is 2.43. The van der Waals surface area contributed by atoms with Gasteiger partial charge in [0.1, 0.15) is 19.3 Å². The van der Waals surface area contributed by atoms with Gasteiger partial charge in [-0.1, -0.05) is 24.3 Å². The number of benzene rings is 2. The zero-order chi connectivity index (χ0) is 18.7. The maximum absolute atomic E-state index is 13.4. The smallest absolute Gasteiger partial charge is 0.329 e. The number of amides is 2. The highest BCUT2D eigenvalue weighted by atomic mass is 19.1. The van der Waals surface area contributed by atoms with Crippen LogP contribution >= 0.6 is 0 Å². The first-order chi connectivity index (χ1) is 12.5. The minimum absolute atomic E-state index is 0.0527. The van der Waals surface area contributed by atoms with Gasteiger partial charge in [-0.05, 0) is 31.2 Å². The summed E-state index contributed by atoms with van der Waals surface area (Å²) in [5, 5.41) is 0. The monoisotopic (exact) mass is 357 g/mol.